The van der Waals surface area contributed by atoms with Crippen molar-refractivity contribution in [2.45, 2.75) is 25.5 Å². The maximum absolute atomic E-state index is 13.4. The number of hydrogen-bond donors (Lipinski definition) is 2. The Morgan fingerprint density at radius 3 is 3.04 bits per heavy atom. The first-order chi connectivity index (χ1) is 12.2. The van der Waals surface area contributed by atoms with Crippen LogP contribution in [0, 0.1) is 5.82 Å². The number of aromatic nitrogens is 3. The van der Waals surface area contributed by atoms with Gasteiger partial charge in [0.15, 0.2) is 0 Å². The molecule has 128 valence electrons. The number of aliphatic hydroxyl groups excluding tert-OH is 1. The first kappa shape index (κ1) is 15.7. The summed E-state index contributed by atoms with van der Waals surface area (Å²) in [6.07, 6.45) is 1.65. The first-order valence-electron chi connectivity index (χ1n) is 8.18. The van der Waals surface area contributed by atoms with Gasteiger partial charge in [0.1, 0.15) is 17.3 Å². The zero-order valence-electron chi connectivity index (χ0n) is 13.4. The predicted octanol–water partition coefficient (Wildman–Crippen LogP) is 2.57. The minimum absolute atomic E-state index is 0.190. The van der Waals surface area contributed by atoms with Gasteiger partial charge < -0.3 is 15.0 Å². The van der Waals surface area contributed by atoms with Gasteiger partial charge in [-0.3, -0.25) is 4.79 Å². The third-order valence-corrected chi connectivity index (χ3v) is 4.48. The lowest BCUT2D eigenvalue weighted by molar-refractivity contribution is 0.0724. The van der Waals surface area contributed by atoms with E-state index in [1.54, 1.807) is 29.2 Å². The summed E-state index contributed by atoms with van der Waals surface area (Å²) in [7, 11) is 0. The second-order valence-corrected chi connectivity index (χ2v) is 6.11. The summed E-state index contributed by atoms with van der Waals surface area (Å²) < 4.78 is 13.4. The molecule has 0 aliphatic carbocycles. The van der Waals surface area contributed by atoms with Gasteiger partial charge in [0.25, 0.3) is 5.91 Å². The van der Waals surface area contributed by atoms with Crippen molar-refractivity contribution in [2.24, 2.45) is 0 Å². The summed E-state index contributed by atoms with van der Waals surface area (Å²) in [6.45, 7) is 0.402. The summed E-state index contributed by atoms with van der Waals surface area (Å²) >= 11 is 0. The smallest absolute Gasteiger partial charge is 0.273 e. The molecular formula is C18H17FN4O2. The number of aliphatic hydroxyl groups is 1. The second kappa shape index (κ2) is 6.25. The van der Waals surface area contributed by atoms with E-state index in [4.69, 9.17) is 0 Å². The summed E-state index contributed by atoms with van der Waals surface area (Å²) in [5, 5.41) is 9.21. The Kier molecular flexibility index (Phi) is 3.93. The van der Waals surface area contributed by atoms with Gasteiger partial charge in [0.2, 0.25) is 0 Å². The molecule has 0 bridgehead atoms. The molecule has 4 rings (SSSR count). The number of H-pyrrole nitrogens is 1. The van der Waals surface area contributed by atoms with Crippen molar-refractivity contribution in [2.75, 3.05) is 6.54 Å². The van der Waals surface area contributed by atoms with Crippen LogP contribution in [0.5, 0.6) is 0 Å². The Morgan fingerprint density at radius 1 is 1.32 bits per heavy atom. The molecule has 2 N–H and O–H groups in total. The van der Waals surface area contributed by atoms with E-state index in [-0.39, 0.29) is 24.4 Å². The molecule has 6 nitrogen and oxygen atoms in total. The number of benzene rings is 1. The van der Waals surface area contributed by atoms with E-state index in [0.717, 1.165) is 12.8 Å². The summed E-state index contributed by atoms with van der Waals surface area (Å²) in [6, 6.07) is 9.23. The van der Waals surface area contributed by atoms with Gasteiger partial charge >= 0.3 is 0 Å². The maximum atomic E-state index is 13.4. The van der Waals surface area contributed by atoms with Gasteiger partial charge in [-0.05, 0) is 43.2 Å². The molecule has 2 aromatic heterocycles. The highest BCUT2D eigenvalue weighted by molar-refractivity contribution is 5.92. The van der Waals surface area contributed by atoms with Crippen LogP contribution in [-0.2, 0) is 6.61 Å². The van der Waals surface area contributed by atoms with E-state index in [1.807, 2.05) is 0 Å². The number of nitrogens with one attached hydrogen (secondary N) is 1. The van der Waals surface area contributed by atoms with Crippen LogP contribution >= 0.6 is 0 Å². The van der Waals surface area contributed by atoms with Crippen molar-refractivity contribution in [3.63, 3.8) is 0 Å². The van der Waals surface area contributed by atoms with Crippen LogP contribution in [0.4, 0.5) is 4.39 Å². The fourth-order valence-electron chi connectivity index (χ4n) is 3.29. The number of nitrogens with zero attached hydrogens (tertiary/aromatic N) is 3. The molecule has 1 aliphatic rings. The summed E-state index contributed by atoms with van der Waals surface area (Å²) in [5.41, 5.74) is 2.06. The lowest BCUT2D eigenvalue weighted by Gasteiger charge is -2.22. The van der Waals surface area contributed by atoms with E-state index in [0.29, 0.717) is 34.8 Å². The van der Waals surface area contributed by atoms with Gasteiger partial charge in [0, 0.05) is 6.54 Å². The molecular weight excluding hydrogens is 323 g/mol. The molecule has 1 atom stereocenters. The maximum Gasteiger partial charge on any atom is 0.273 e. The number of aromatic amines is 1. The molecule has 0 unspecified atom stereocenters. The average Bonchev–Trinajstić information content (AvgIpc) is 3.27. The SMILES string of the molecule is O=C(c1cccc(CO)n1)N1CCC[C@@H]1c1nc2ccc(F)cc2[nH]1. The van der Waals surface area contributed by atoms with Crippen molar-refractivity contribution in [3.05, 3.63) is 59.4 Å². The number of carbonyl (C=O) groups excluding carboxylic acids is 1. The third kappa shape index (κ3) is 2.87. The normalized spacial score (nSPS) is 17.4. The van der Waals surface area contributed by atoms with E-state index in [1.165, 1.54) is 12.1 Å². The minimum atomic E-state index is -0.327. The van der Waals surface area contributed by atoms with Gasteiger partial charge in [-0.1, -0.05) is 6.07 Å². The Hall–Kier alpha value is -2.80. The van der Waals surface area contributed by atoms with Crippen molar-refractivity contribution in [1.29, 1.82) is 0 Å². The first-order valence-corrected chi connectivity index (χ1v) is 8.18. The molecule has 25 heavy (non-hydrogen) atoms. The number of rotatable bonds is 3. The molecule has 1 amide bonds. The largest absolute Gasteiger partial charge is 0.390 e. The van der Waals surface area contributed by atoms with E-state index >= 15 is 0 Å². The van der Waals surface area contributed by atoms with E-state index < -0.39 is 0 Å². The molecule has 7 heteroatoms. The zero-order valence-corrected chi connectivity index (χ0v) is 13.4. The standard InChI is InChI=1S/C18H17FN4O2/c19-11-6-7-13-15(9-11)22-17(21-13)16-5-2-8-23(16)18(25)14-4-1-3-12(10-24)20-14/h1,3-4,6-7,9,16,24H,2,5,8,10H2,(H,21,22)/t16-/m1/s1. The lowest BCUT2D eigenvalue weighted by Crippen LogP contribution is -2.31. The number of likely N-dealkylation sites (tertiary alicyclic amines) is 1. The van der Waals surface area contributed by atoms with Crippen LogP contribution in [0.15, 0.2) is 36.4 Å². The Balaban J connectivity index is 1.65. The van der Waals surface area contributed by atoms with Gasteiger partial charge in [-0.2, -0.15) is 0 Å². The van der Waals surface area contributed by atoms with Crippen LogP contribution < -0.4 is 0 Å². The van der Waals surface area contributed by atoms with Crippen molar-refractivity contribution in [1.82, 2.24) is 19.9 Å². The monoisotopic (exact) mass is 340 g/mol. The number of pyridine rings is 1. The van der Waals surface area contributed by atoms with Crippen LogP contribution in [0.3, 0.4) is 0 Å². The molecule has 0 radical (unpaired) electrons. The lowest BCUT2D eigenvalue weighted by atomic mass is 10.2. The third-order valence-electron chi connectivity index (χ3n) is 4.48. The van der Waals surface area contributed by atoms with Crippen molar-refractivity contribution >= 4 is 16.9 Å². The number of halogens is 1. The number of fused-ring (bicyclic) bond motifs is 1. The predicted molar refractivity (Wildman–Crippen MR) is 89.2 cm³/mol. The molecule has 3 heterocycles. The van der Waals surface area contributed by atoms with Crippen molar-refractivity contribution < 1.29 is 14.3 Å². The Labute approximate surface area is 143 Å². The number of amides is 1. The highest BCUT2D eigenvalue weighted by Gasteiger charge is 2.33. The van der Waals surface area contributed by atoms with Crippen LogP contribution in [0.1, 0.15) is 40.9 Å². The summed E-state index contributed by atoms with van der Waals surface area (Å²) in [5.74, 6) is 0.140. The highest BCUT2D eigenvalue weighted by Crippen LogP contribution is 2.32. The number of carbonyl (C=O) groups is 1. The minimum Gasteiger partial charge on any atom is -0.390 e. The average molecular weight is 340 g/mol. The summed E-state index contributed by atoms with van der Waals surface area (Å²) in [4.78, 5) is 26.4. The zero-order chi connectivity index (χ0) is 17.4. The fraction of sp³-hybridized carbons (Fsp3) is 0.278. The Bertz CT molecular complexity index is 940. The Morgan fingerprint density at radius 2 is 2.20 bits per heavy atom. The quantitative estimate of drug-likeness (QED) is 0.768. The molecule has 0 saturated carbocycles. The van der Waals surface area contributed by atoms with Gasteiger partial charge in [-0.25, -0.2) is 14.4 Å². The number of imidazole rings is 1. The molecule has 1 saturated heterocycles. The molecule has 1 fully saturated rings. The van der Waals surface area contributed by atoms with E-state index in [9.17, 15) is 14.3 Å². The topological polar surface area (TPSA) is 82.1 Å². The molecule has 1 aliphatic heterocycles. The number of hydrogen-bond acceptors (Lipinski definition) is 4. The van der Waals surface area contributed by atoms with Crippen LogP contribution in [-0.4, -0.2) is 37.4 Å². The van der Waals surface area contributed by atoms with E-state index in [2.05, 4.69) is 15.0 Å². The van der Waals surface area contributed by atoms with Crippen molar-refractivity contribution in [3.8, 4) is 0 Å². The van der Waals surface area contributed by atoms with Crippen LogP contribution in [0.25, 0.3) is 11.0 Å². The fourth-order valence-corrected chi connectivity index (χ4v) is 3.29. The molecule has 3 aromatic rings. The highest BCUT2D eigenvalue weighted by atomic mass is 19.1. The van der Waals surface area contributed by atoms with Gasteiger partial charge in [0.05, 0.1) is 29.4 Å². The molecule has 0 spiro atoms. The second-order valence-electron chi connectivity index (χ2n) is 6.11. The van der Waals surface area contributed by atoms with Gasteiger partial charge in [-0.15, -0.1) is 0 Å². The van der Waals surface area contributed by atoms with Crippen LogP contribution in [0.2, 0.25) is 0 Å². The molecule has 1 aromatic carbocycles.